The van der Waals surface area contributed by atoms with Crippen molar-refractivity contribution in [2.75, 3.05) is 6.54 Å². The quantitative estimate of drug-likeness (QED) is 0.416. The minimum Gasteiger partial charge on any atom is -0.356 e. The smallest absolute Gasteiger partial charge is 0.356 e. The minimum atomic E-state index is -5.13. The molecule has 0 spiro atoms. The summed E-state index contributed by atoms with van der Waals surface area (Å²) in [7, 11) is 0. The third-order valence-corrected chi connectivity index (χ3v) is 6.05. The SMILES string of the molecule is O=C(N1CCc2c([nH]c3ccc(Br)cc23)C1C(Cc1ccccc1)[N+](=O)[O-])C(F)(F)F. The van der Waals surface area contributed by atoms with Crippen LogP contribution in [0.3, 0.4) is 0 Å². The van der Waals surface area contributed by atoms with Crippen LogP contribution in [0.5, 0.6) is 0 Å². The van der Waals surface area contributed by atoms with E-state index < -0.39 is 29.1 Å². The summed E-state index contributed by atoms with van der Waals surface area (Å²) in [4.78, 5) is 27.4. The Hall–Kier alpha value is -2.88. The van der Waals surface area contributed by atoms with Crippen LogP contribution in [0.2, 0.25) is 0 Å². The molecule has 0 fully saturated rings. The molecular formula is C21H17BrF3N3O3. The van der Waals surface area contributed by atoms with Crippen LogP contribution in [0.1, 0.15) is 22.9 Å². The van der Waals surface area contributed by atoms with Gasteiger partial charge in [0, 0.05) is 39.0 Å². The first-order valence-corrected chi connectivity index (χ1v) is 10.3. The zero-order valence-electron chi connectivity index (χ0n) is 16.0. The number of carbonyl (C=O) groups is 1. The van der Waals surface area contributed by atoms with Crippen molar-refractivity contribution in [1.82, 2.24) is 9.88 Å². The normalized spacial score (nSPS) is 17.4. The summed E-state index contributed by atoms with van der Waals surface area (Å²) >= 11 is 3.38. The molecule has 2 aromatic carbocycles. The number of hydrogen-bond acceptors (Lipinski definition) is 3. The zero-order valence-corrected chi connectivity index (χ0v) is 17.6. The molecule has 2 unspecified atom stereocenters. The van der Waals surface area contributed by atoms with Gasteiger partial charge in [-0.3, -0.25) is 14.9 Å². The van der Waals surface area contributed by atoms with E-state index in [9.17, 15) is 28.1 Å². The van der Waals surface area contributed by atoms with Crippen LogP contribution in [0.4, 0.5) is 13.2 Å². The summed E-state index contributed by atoms with van der Waals surface area (Å²) in [5.41, 5.74) is 2.25. The Kier molecular flexibility index (Phi) is 5.50. The summed E-state index contributed by atoms with van der Waals surface area (Å²) in [6, 6.07) is 11.0. The third-order valence-electron chi connectivity index (χ3n) is 5.56. The highest BCUT2D eigenvalue weighted by Crippen LogP contribution is 2.40. The van der Waals surface area contributed by atoms with E-state index in [0.717, 1.165) is 9.86 Å². The average molecular weight is 496 g/mol. The zero-order chi connectivity index (χ0) is 22.3. The number of alkyl halides is 3. The highest BCUT2D eigenvalue weighted by atomic mass is 79.9. The fourth-order valence-corrected chi connectivity index (χ4v) is 4.60. The van der Waals surface area contributed by atoms with Gasteiger partial charge in [0.15, 0.2) is 0 Å². The van der Waals surface area contributed by atoms with Gasteiger partial charge in [-0.05, 0) is 35.7 Å². The number of aromatic amines is 1. The van der Waals surface area contributed by atoms with Crippen LogP contribution < -0.4 is 0 Å². The molecule has 0 saturated heterocycles. The lowest BCUT2D eigenvalue weighted by Gasteiger charge is -2.37. The molecule has 0 saturated carbocycles. The number of H-pyrrole nitrogens is 1. The van der Waals surface area contributed by atoms with Crippen LogP contribution >= 0.6 is 15.9 Å². The second-order valence-electron chi connectivity index (χ2n) is 7.44. The lowest BCUT2D eigenvalue weighted by atomic mass is 9.89. The molecule has 1 N–H and O–H groups in total. The summed E-state index contributed by atoms with van der Waals surface area (Å²) in [6.07, 6.45) is -5.07. The van der Waals surface area contributed by atoms with E-state index in [1.165, 1.54) is 0 Å². The average Bonchev–Trinajstić information content (AvgIpc) is 3.09. The monoisotopic (exact) mass is 495 g/mol. The topological polar surface area (TPSA) is 79.2 Å². The van der Waals surface area contributed by atoms with E-state index in [2.05, 4.69) is 20.9 Å². The van der Waals surface area contributed by atoms with Gasteiger partial charge in [-0.25, -0.2) is 0 Å². The van der Waals surface area contributed by atoms with Gasteiger partial charge >= 0.3 is 12.1 Å². The Balaban J connectivity index is 1.87. The van der Waals surface area contributed by atoms with Crippen molar-refractivity contribution in [1.29, 1.82) is 0 Å². The van der Waals surface area contributed by atoms with Crippen molar-refractivity contribution in [2.45, 2.75) is 31.1 Å². The number of carbonyl (C=O) groups excluding carboxylic acids is 1. The first-order chi connectivity index (χ1) is 14.7. The second kappa shape index (κ2) is 7.99. The number of nitro groups is 1. The fraction of sp³-hybridized carbons (Fsp3) is 0.286. The molecule has 31 heavy (non-hydrogen) atoms. The minimum absolute atomic E-state index is 0.112. The second-order valence-corrected chi connectivity index (χ2v) is 8.36. The van der Waals surface area contributed by atoms with Gasteiger partial charge in [0.2, 0.25) is 6.04 Å². The summed E-state index contributed by atoms with van der Waals surface area (Å²) in [5.74, 6) is -2.07. The Morgan fingerprint density at radius 3 is 2.61 bits per heavy atom. The lowest BCUT2D eigenvalue weighted by molar-refractivity contribution is -0.531. The highest BCUT2D eigenvalue weighted by molar-refractivity contribution is 9.10. The molecular weight excluding hydrogens is 479 g/mol. The van der Waals surface area contributed by atoms with E-state index in [-0.39, 0.29) is 25.1 Å². The molecule has 3 aromatic rings. The molecule has 0 radical (unpaired) electrons. The van der Waals surface area contributed by atoms with Crippen LogP contribution in [-0.4, -0.2) is 39.5 Å². The third kappa shape index (κ3) is 4.04. The van der Waals surface area contributed by atoms with Gasteiger partial charge in [0.1, 0.15) is 6.04 Å². The fourth-order valence-electron chi connectivity index (χ4n) is 4.24. The molecule has 1 aliphatic rings. The van der Waals surface area contributed by atoms with Crippen molar-refractivity contribution in [3.8, 4) is 0 Å². The largest absolute Gasteiger partial charge is 0.471 e. The molecule has 0 bridgehead atoms. The van der Waals surface area contributed by atoms with Gasteiger partial charge in [0.05, 0.1) is 0 Å². The molecule has 162 valence electrons. The number of nitrogens with one attached hydrogen (secondary N) is 1. The standard InChI is InChI=1S/C21H17BrF3N3O3/c22-13-6-7-16-15(11-13)14-8-9-27(20(29)21(23,24)25)19(18(14)26-16)17(28(30)31)10-12-4-2-1-3-5-12/h1-7,11,17,19,26H,8-10H2. The molecule has 0 aliphatic carbocycles. The van der Waals surface area contributed by atoms with Crippen LogP contribution in [0.25, 0.3) is 10.9 Å². The number of hydrogen-bond donors (Lipinski definition) is 1. The number of fused-ring (bicyclic) bond motifs is 3. The summed E-state index contributed by atoms with van der Waals surface area (Å²) in [6.45, 7) is -0.255. The van der Waals surface area contributed by atoms with Crippen molar-refractivity contribution in [3.63, 3.8) is 0 Å². The predicted octanol–water partition coefficient (Wildman–Crippen LogP) is 4.81. The lowest BCUT2D eigenvalue weighted by Crippen LogP contribution is -2.52. The molecule has 1 amide bonds. The number of aromatic nitrogens is 1. The molecule has 2 atom stereocenters. The first kappa shape index (κ1) is 21.4. The van der Waals surface area contributed by atoms with Gasteiger partial charge in [-0.2, -0.15) is 13.2 Å². The van der Waals surface area contributed by atoms with Crippen molar-refractivity contribution < 1.29 is 22.9 Å². The van der Waals surface area contributed by atoms with Gasteiger partial charge in [-0.1, -0.05) is 46.3 Å². The van der Waals surface area contributed by atoms with Crippen molar-refractivity contribution in [3.05, 3.63) is 79.9 Å². The first-order valence-electron chi connectivity index (χ1n) is 9.52. The number of rotatable bonds is 4. The number of nitrogens with zero attached hydrogens (tertiary/aromatic N) is 2. The van der Waals surface area contributed by atoms with Crippen LogP contribution in [-0.2, 0) is 17.6 Å². The van der Waals surface area contributed by atoms with E-state index in [0.29, 0.717) is 21.5 Å². The number of amides is 1. The predicted molar refractivity (Wildman–Crippen MR) is 111 cm³/mol. The Bertz CT molecular complexity index is 1150. The van der Waals surface area contributed by atoms with Gasteiger partial charge < -0.3 is 9.88 Å². The Morgan fingerprint density at radius 1 is 1.26 bits per heavy atom. The maximum Gasteiger partial charge on any atom is 0.471 e. The highest BCUT2D eigenvalue weighted by Gasteiger charge is 2.51. The van der Waals surface area contributed by atoms with Crippen LogP contribution in [0.15, 0.2) is 53.0 Å². The van der Waals surface area contributed by atoms with Crippen molar-refractivity contribution in [2.24, 2.45) is 0 Å². The molecule has 1 aromatic heterocycles. The number of halogens is 4. The maximum absolute atomic E-state index is 13.4. The van der Waals surface area contributed by atoms with Gasteiger partial charge in [-0.15, -0.1) is 0 Å². The molecule has 10 heteroatoms. The molecule has 1 aliphatic heterocycles. The Labute approximate surface area is 183 Å². The maximum atomic E-state index is 13.4. The summed E-state index contributed by atoms with van der Waals surface area (Å²) < 4.78 is 40.8. The molecule has 6 nitrogen and oxygen atoms in total. The molecule has 2 heterocycles. The molecule has 4 rings (SSSR count). The Morgan fingerprint density at radius 2 is 1.97 bits per heavy atom. The van der Waals surface area contributed by atoms with E-state index in [1.807, 2.05) is 6.07 Å². The van der Waals surface area contributed by atoms with Crippen LogP contribution in [0, 0.1) is 10.1 Å². The van der Waals surface area contributed by atoms with Crippen molar-refractivity contribution >= 4 is 32.7 Å². The van der Waals surface area contributed by atoms with Gasteiger partial charge in [0.25, 0.3) is 0 Å². The van der Waals surface area contributed by atoms with E-state index in [4.69, 9.17) is 0 Å². The number of benzene rings is 2. The summed E-state index contributed by atoms with van der Waals surface area (Å²) in [5, 5.41) is 12.8. The van der Waals surface area contributed by atoms with E-state index >= 15 is 0 Å². The van der Waals surface area contributed by atoms with E-state index in [1.54, 1.807) is 42.5 Å².